The highest BCUT2D eigenvalue weighted by atomic mass is 35.5. The van der Waals surface area contributed by atoms with Crippen LogP contribution >= 0.6 is 35.6 Å². The Balaban J connectivity index is 0.00000133. The minimum atomic E-state index is 0. The van der Waals surface area contributed by atoms with Gasteiger partial charge in [0.2, 0.25) is 0 Å². The van der Waals surface area contributed by atoms with Crippen LogP contribution in [0.15, 0.2) is 18.2 Å². The molecule has 0 radical (unpaired) electrons. The van der Waals surface area contributed by atoms with Crippen LogP contribution in [0.4, 0.5) is 0 Å². The van der Waals surface area contributed by atoms with Crippen molar-refractivity contribution in [2.75, 3.05) is 26.2 Å². The fourth-order valence-corrected chi connectivity index (χ4v) is 3.84. The number of rotatable bonds is 2. The van der Waals surface area contributed by atoms with Crippen molar-refractivity contribution in [1.82, 2.24) is 10.2 Å². The molecule has 1 unspecified atom stereocenters. The molecule has 2 heterocycles. The van der Waals surface area contributed by atoms with Crippen molar-refractivity contribution in [3.63, 3.8) is 0 Å². The number of nitrogens with one attached hydrogen (secondary N) is 1. The van der Waals surface area contributed by atoms with Crippen molar-refractivity contribution in [3.05, 3.63) is 33.8 Å². The van der Waals surface area contributed by atoms with Crippen LogP contribution in [-0.2, 0) is 6.54 Å². The highest BCUT2D eigenvalue weighted by Gasteiger charge is 2.39. The maximum Gasteiger partial charge on any atom is 0.0424 e. The maximum absolute atomic E-state index is 6.04. The van der Waals surface area contributed by atoms with Crippen molar-refractivity contribution >= 4 is 35.6 Å². The minimum Gasteiger partial charge on any atom is -0.316 e. The molecule has 2 fully saturated rings. The summed E-state index contributed by atoms with van der Waals surface area (Å²) in [5, 5.41) is 4.95. The van der Waals surface area contributed by atoms with Gasteiger partial charge in [-0.1, -0.05) is 23.2 Å². The fraction of sp³-hybridized carbons (Fsp3) is 0.571. The SMILES string of the molecule is Cl.Clc1cc(Cl)cc(CN2CCC3(CCNC3)C2)c1. The summed E-state index contributed by atoms with van der Waals surface area (Å²) in [6, 6.07) is 5.83. The van der Waals surface area contributed by atoms with Crippen molar-refractivity contribution in [1.29, 1.82) is 0 Å². The van der Waals surface area contributed by atoms with E-state index in [9.17, 15) is 0 Å². The standard InChI is InChI=1S/C14H18Cl2N2.ClH/c15-12-5-11(6-13(16)7-12)8-18-4-2-14(10-18)1-3-17-9-14;/h5-7,17H,1-4,8-10H2;1H. The topological polar surface area (TPSA) is 15.3 Å². The van der Waals surface area contributed by atoms with Gasteiger partial charge in [0.1, 0.15) is 0 Å². The maximum atomic E-state index is 6.04. The summed E-state index contributed by atoms with van der Waals surface area (Å²) in [5.41, 5.74) is 1.75. The van der Waals surface area contributed by atoms with Crippen LogP contribution in [0.3, 0.4) is 0 Å². The summed E-state index contributed by atoms with van der Waals surface area (Å²) in [7, 11) is 0. The van der Waals surface area contributed by atoms with Gasteiger partial charge >= 0.3 is 0 Å². The molecule has 0 saturated carbocycles. The van der Waals surface area contributed by atoms with E-state index in [-0.39, 0.29) is 12.4 Å². The van der Waals surface area contributed by atoms with E-state index in [0.29, 0.717) is 5.41 Å². The van der Waals surface area contributed by atoms with Gasteiger partial charge in [0.05, 0.1) is 0 Å². The molecule has 1 spiro atoms. The van der Waals surface area contributed by atoms with Gasteiger partial charge in [-0.15, -0.1) is 12.4 Å². The smallest absolute Gasteiger partial charge is 0.0424 e. The lowest BCUT2D eigenvalue weighted by Crippen LogP contribution is -2.28. The van der Waals surface area contributed by atoms with Crippen molar-refractivity contribution in [2.45, 2.75) is 19.4 Å². The first-order valence-electron chi connectivity index (χ1n) is 6.53. The monoisotopic (exact) mass is 320 g/mol. The van der Waals surface area contributed by atoms with Crippen molar-refractivity contribution in [3.8, 4) is 0 Å². The van der Waals surface area contributed by atoms with Gasteiger partial charge in [-0.3, -0.25) is 4.90 Å². The molecular weight excluding hydrogens is 303 g/mol. The zero-order valence-corrected chi connectivity index (χ0v) is 13.1. The first-order chi connectivity index (χ1) is 8.65. The van der Waals surface area contributed by atoms with Crippen molar-refractivity contribution in [2.24, 2.45) is 5.41 Å². The van der Waals surface area contributed by atoms with E-state index in [4.69, 9.17) is 23.2 Å². The largest absolute Gasteiger partial charge is 0.316 e. The summed E-state index contributed by atoms with van der Waals surface area (Å²) in [4.78, 5) is 2.52. The highest BCUT2D eigenvalue weighted by molar-refractivity contribution is 6.34. The molecule has 0 aromatic heterocycles. The van der Waals surface area contributed by atoms with Gasteiger partial charge in [0.15, 0.2) is 0 Å². The number of hydrogen-bond donors (Lipinski definition) is 1. The molecule has 1 atom stereocenters. The summed E-state index contributed by atoms with van der Waals surface area (Å²) < 4.78 is 0. The molecular formula is C14H19Cl3N2. The zero-order valence-electron chi connectivity index (χ0n) is 10.8. The zero-order chi connectivity index (χ0) is 12.6. The third kappa shape index (κ3) is 3.56. The Morgan fingerprint density at radius 2 is 1.89 bits per heavy atom. The van der Waals surface area contributed by atoms with E-state index in [2.05, 4.69) is 10.2 Å². The van der Waals surface area contributed by atoms with Crippen LogP contribution in [0.5, 0.6) is 0 Å². The molecule has 3 rings (SSSR count). The third-order valence-corrected chi connectivity index (χ3v) is 4.61. The van der Waals surface area contributed by atoms with E-state index in [1.807, 2.05) is 12.1 Å². The second-order valence-electron chi connectivity index (χ2n) is 5.67. The number of benzene rings is 1. The van der Waals surface area contributed by atoms with Gasteiger partial charge in [0.25, 0.3) is 0 Å². The molecule has 0 aliphatic carbocycles. The quantitative estimate of drug-likeness (QED) is 0.895. The molecule has 1 aromatic carbocycles. The normalized spacial score (nSPS) is 26.8. The average Bonchev–Trinajstić information content (AvgIpc) is 2.89. The molecule has 19 heavy (non-hydrogen) atoms. The third-order valence-electron chi connectivity index (χ3n) is 4.18. The van der Waals surface area contributed by atoms with E-state index < -0.39 is 0 Å². The molecule has 0 amide bonds. The van der Waals surface area contributed by atoms with Gasteiger partial charge in [-0.25, -0.2) is 0 Å². The molecule has 2 aliphatic heterocycles. The number of halogens is 3. The van der Waals surface area contributed by atoms with Gasteiger partial charge in [0, 0.05) is 29.7 Å². The Kier molecular flexibility index (Phi) is 5.02. The lowest BCUT2D eigenvalue weighted by atomic mass is 9.87. The van der Waals surface area contributed by atoms with Crippen LogP contribution < -0.4 is 5.32 Å². The summed E-state index contributed by atoms with van der Waals surface area (Å²) in [5.74, 6) is 0. The molecule has 1 N–H and O–H groups in total. The second-order valence-corrected chi connectivity index (χ2v) is 6.54. The Hall–Kier alpha value is 0.01000. The van der Waals surface area contributed by atoms with Crippen LogP contribution in [0, 0.1) is 5.41 Å². The number of hydrogen-bond acceptors (Lipinski definition) is 2. The van der Waals surface area contributed by atoms with E-state index in [1.165, 1.54) is 44.6 Å². The Bertz CT molecular complexity index is 424. The average molecular weight is 322 g/mol. The Morgan fingerprint density at radius 1 is 1.16 bits per heavy atom. The Morgan fingerprint density at radius 3 is 2.53 bits per heavy atom. The lowest BCUT2D eigenvalue weighted by molar-refractivity contribution is 0.268. The van der Waals surface area contributed by atoms with Crippen LogP contribution in [-0.4, -0.2) is 31.1 Å². The molecule has 0 bridgehead atoms. The van der Waals surface area contributed by atoms with Crippen LogP contribution in [0.25, 0.3) is 0 Å². The fourth-order valence-electron chi connectivity index (χ4n) is 3.27. The molecule has 2 saturated heterocycles. The molecule has 106 valence electrons. The van der Waals surface area contributed by atoms with Crippen LogP contribution in [0.2, 0.25) is 10.0 Å². The lowest BCUT2D eigenvalue weighted by Gasteiger charge is -2.23. The number of likely N-dealkylation sites (tertiary alicyclic amines) is 1. The van der Waals surface area contributed by atoms with Crippen molar-refractivity contribution < 1.29 is 0 Å². The molecule has 1 aromatic rings. The van der Waals surface area contributed by atoms with Gasteiger partial charge < -0.3 is 5.32 Å². The van der Waals surface area contributed by atoms with E-state index in [1.54, 1.807) is 6.07 Å². The molecule has 2 aliphatic rings. The second kappa shape index (κ2) is 6.19. The molecule has 2 nitrogen and oxygen atoms in total. The first-order valence-corrected chi connectivity index (χ1v) is 7.29. The highest BCUT2D eigenvalue weighted by Crippen LogP contribution is 2.36. The molecule has 5 heteroatoms. The van der Waals surface area contributed by atoms with Gasteiger partial charge in [-0.2, -0.15) is 0 Å². The predicted molar refractivity (Wildman–Crippen MR) is 83.5 cm³/mol. The summed E-state index contributed by atoms with van der Waals surface area (Å²) in [6.07, 6.45) is 2.63. The minimum absolute atomic E-state index is 0. The van der Waals surface area contributed by atoms with Crippen LogP contribution in [0.1, 0.15) is 18.4 Å². The first kappa shape index (κ1) is 15.4. The Labute approximate surface area is 130 Å². The van der Waals surface area contributed by atoms with E-state index >= 15 is 0 Å². The summed E-state index contributed by atoms with van der Waals surface area (Å²) >= 11 is 12.1. The van der Waals surface area contributed by atoms with Gasteiger partial charge in [-0.05, 0) is 55.1 Å². The number of nitrogens with zero attached hydrogens (tertiary/aromatic N) is 1. The summed E-state index contributed by atoms with van der Waals surface area (Å²) in [6.45, 7) is 5.70. The van der Waals surface area contributed by atoms with E-state index in [0.717, 1.165) is 16.6 Å². The predicted octanol–water partition coefficient (Wildman–Crippen LogP) is 3.60.